The fourth-order valence-electron chi connectivity index (χ4n) is 4.50. The van der Waals surface area contributed by atoms with Crippen molar-refractivity contribution in [2.45, 2.75) is 32.0 Å². The van der Waals surface area contributed by atoms with E-state index in [1.165, 1.54) is 6.07 Å². The van der Waals surface area contributed by atoms with Crippen molar-refractivity contribution >= 4 is 21.8 Å². The Hall–Kier alpha value is -3.53. The van der Waals surface area contributed by atoms with Gasteiger partial charge < -0.3 is 9.64 Å². The lowest BCUT2D eigenvalue weighted by Gasteiger charge is -2.19. The van der Waals surface area contributed by atoms with Crippen LogP contribution < -0.4 is 10.3 Å². The van der Waals surface area contributed by atoms with Gasteiger partial charge in [-0.3, -0.25) is 9.36 Å². The van der Waals surface area contributed by atoms with Gasteiger partial charge >= 0.3 is 12.2 Å². The van der Waals surface area contributed by atoms with Gasteiger partial charge in [0, 0.05) is 11.4 Å². The van der Waals surface area contributed by atoms with Crippen LogP contribution in [0.15, 0.2) is 47.4 Å². The van der Waals surface area contributed by atoms with E-state index in [2.05, 4.69) is 19.9 Å². The lowest BCUT2D eigenvalue weighted by Crippen LogP contribution is -2.31. The van der Waals surface area contributed by atoms with Crippen molar-refractivity contribution in [2.75, 3.05) is 20.2 Å². The number of rotatable bonds is 4. The molecular weight excluding hydrogens is 447 g/mol. The van der Waals surface area contributed by atoms with Gasteiger partial charge in [0.05, 0.1) is 11.9 Å². The van der Waals surface area contributed by atoms with Crippen molar-refractivity contribution in [1.82, 2.24) is 24.4 Å². The molecule has 5 rings (SSSR count). The fourth-order valence-corrected chi connectivity index (χ4v) is 4.50. The molecule has 176 valence electrons. The van der Waals surface area contributed by atoms with E-state index in [-0.39, 0.29) is 28.8 Å². The molecule has 1 atom stereocenters. The molecule has 10 heteroatoms. The minimum Gasteiger partial charge on any atom is -0.462 e. The summed E-state index contributed by atoms with van der Waals surface area (Å²) in [6, 6.07) is 10.4. The van der Waals surface area contributed by atoms with E-state index >= 15 is 0 Å². The predicted molar refractivity (Wildman–Crippen MR) is 121 cm³/mol. The van der Waals surface area contributed by atoms with Crippen LogP contribution in [-0.4, -0.2) is 50.7 Å². The summed E-state index contributed by atoms with van der Waals surface area (Å²) in [5.41, 5.74) is -0.575. The molecule has 0 aliphatic carbocycles. The van der Waals surface area contributed by atoms with E-state index < -0.39 is 17.6 Å². The number of alkyl halides is 3. The smallest absolute Gasteiger partial charge is 0.450 e. The molecule has 0 radical (unpaired) electrons. The minimum atomic E-state index is -4.87. The molecule has 1 aliphatic heterocycles. The first kappa shape index (κ1) is 22.3. The topological polar surface area (TPSA) is 73.1 Å². The SMILES string of the molecule is Cc1cccc2cccc(-n3c(C(F)(F)F)nc4cnc(OC[C@@H]5CCCN5C)nc4c3=O)c12. The summed E-state index contributed by atoms with van der Waals surface area (Å²) < 4.78 is 48.5. The van der Waals surface area contributed by atoms with Gasteiger partial charge in [-0.1, -0.05) is 30.3 Å². The van der Waals surface area contributed by atoms with Crippen LogP contribution in [0.5, 0.6) is 6.01 Å². The molecule has 3 heterocycles. The average Bonchev–Trinajstić information content (AvgIpc) is 3.21. The zero-order valence-corrected chi connectivity index (χ0v) is 18.6. The Labute approximate surface area is 192 Å². The van der Waals surface area contributed by atoms with Crippen LogP contribution in [-0.2, 0) is 6.18 Å². The second-order valence-corrected chi connectivity index (χ2v) is 8.50. The lowest BCUT2D eigenvalue weighted by atomic mass is 10.0. The normalized spacial score (nSPS) is 17.0. The number of benzene rings is 2. The number of likely N-dealkylation sites (N-methyl/N-ethyl adjacent to an activating group) is 1. The Morgan fingerprint density at radius 3 is 2.62 bits per heavy atom. The molecule has 0 spiro atoms. The summed E-state index contributed by atoms with van der Waals surface area (Å²) in [6.07, 6.45) is -1.75. The maximum atomic E-state index is 14.1. The van der Waals surface area contributed by atoms with Gasteiger partial charge in [0.15, 0.2) is 5.52 Å². The highest BCUT2D eigenvalue weighted by molar-refractivity contribution is 5.93. The Bertz CT molecular complexity index is 1450. The van der Waals surface area contributed by atoms with Gasteiger partial charge in [-0.05, 0) is 50.4 Å². The Kier molecular flexibility index (Phi) is 5.47. The van der Waals surface area contributed by atoms with Crippen molar-refractivity contribution in [3.05, 3.63) is 64.3 Å². The highest BCUT2D eigenvalue weighted by atomic mass is 19.4. The first-order valence-corrected chi connectivity index (χ1v) is 10.9. The molecule has 0 unspecified atom stereocenters. The number of hydrogen-bond donors (Lipinski definition) is 0. The largest absolute Gasteiger partial charge is 0.462 e. The number of aromatic nitrogens is 4. The summed E-state index contributed by atoms with van der Waals surface area (Å²) in [7, 11) is 2.00. The summed E-state index contributed by atoms with van der Waals surface area (Å²) in [4.78, 5) is 27.6. The van der Waals surface area contributed by atoms with Crippen molar-refractivity contribution in [3.63, 3.8) is 0 Å². The van der Waals surface area contributed by atoms with Crippen LogP contribution in [0.3, 0.4) is 0 Å². The van der Waals surface area contributed by atoms with Gasteiger partial charge in [0.1, 0.15) is 12.1 Å². The third-order valence-electron chi connectivity index (χ3n) is 6.25. The molecule has 2 aromatic carbocycles. The number of nitrogens with zero attached hydrogens (tertiary/aromatic N) is 5. The van der Waals surface area contributed by atoms with Crippen LogP contribution in [0.4, 0.5) is 13.2 Å². The van der Waals surface area contributed by atoms with Crippen LogP contribution in [0, 0.1) is 6.92 Å². The number of likely N-dealkylation sites (tertiary alicyclic amines) is 1. The molecule has 1 saturated heterocycles. The van der Waals surface area contributed by atoms with Crippen LogP contribution in [0.2, 0.25) is 0 Å². The summed E-state index contributed by atoms with van der Waals surface area (Å²) in [5, 5.41) is 1.25. The molecule has 1 fully saturated rings. The van der Waals surface area contributed by atoms with Crippen molar-refractivity contribution in [1.29, 1.82) is 0 Å². The highest BCUT2D eigenvalue weighted by Gasteiger charge is 2.38. The van der Waals surface area contributed by atoms with Crippen LogP contribution in [0.1, 0.15) is 24.2 Å². The standard InChI is InChI=1S/C24H22F3N5O2/c1-14-6-3-7-15-8-4-10-18(19(14)15)32-21(33)20-17(29-22(32)24(25,26)27)12-28-23(30-20)34-13-16-9-5-11-31(16)2/h3-4,6-8,10,12,16H,5,9,11,13H2,1-2H3/t16-/m0/s1. The first-order valence-electron chi connectivity index (χ1n) is 10.9. The molecule has 0 bridgehead atoms. The maximum absolute atomic E-state index is 14.1. The van der Waals surface area contributed by atoms with Crippen molar-refractivity contribution in [3.8, 4) is 11.7 Å². The van der Waals surface area contributed by atoms with Gasteiger partial charge in [0.25, 0.3) is 5.56 Å². The first-order chi connectivity index (χ1) is 16.2. The molecule has 34 heavy (non-hydrogen) atoms. The third kappa shape index (κ3) is 3.87. The summed E-state index contributed by atoms with van der Waals surface area (Å²) in [5.74, 6) is -1.33. The quantitative estimate of drug-likeness (QED) is 0.448. The Balaban J connectivity index is 1.69. The Morgan fingerprint density at radius 2 is 1.91 bits per heavy atom. The number of fused-ring (bicyclic) bond motifs is 2. The van der Waals surface area contributed by atoms with Gasteiger partial charge in [-0.2, -0.15) is 18.2 Å². The van der Waals surface area contributed by atoms with Crippen molar-refractivity contribution < 1.29 is 17.9 Å². The average molecular weight is 469 g/mol. The van der Waals surface area contributed by atoms with Gasteiger partial charge in [-0.25, -0.2) is 9.97 Å². The minimum absolute atomic E-state index is 0.0629. The molecular formula is C24H22F3N5O2. The molecule has 2 aromatic heterocycles. The second kappa shape index (κ2) is 8.35. The maximum Gasteiger partial charge on any atom is 0.450 e. The number of hydrogen-bond acceptors (Lipinski definition) is 6. The number of halogens is 3. The summed E-state index contributed by atoms with van der Waals surface area (Å²) in [6.45, 7) is 3.07. The van der Waals surface area contributed by atoms with Gasteiger partial charge in [-0.15, -0.1) is 0 Å². The third-order valence-corrected chi connectivity index (χ3v) is 6.25. The monoisotopic (exact) mass is 469 g/mol. The second-order valence-electron chi connectivity index (χ2n) is 8.50. The van der Waals surface area contributed by atoms with E-state index in [1.807, 2.05) is 13.1 Å². The van der Waals surface area contributed by atoms with Crippen molar-refractivity contribution in [2.24, 2.45) is 0 Å². The number of aryl methyl sites for hydroxylation is 1. The fraction of sp³-hybridized carbons (Fsp3) is 0.333. The van der Waals surface area contributed by atoms with E-state index in [4.69, 9.17) is 4.74 Å². The highest BCUT2D eigenvalue weighted by Crippen LogP contribution is 2.32. The zero-order chi connectivity index (χ0) is 24.0. The molecule has 0 amide bonds. The lowest BCUT2D eigenvalue weighted by molar-refractivity contribution is -0.146. The molecule has 7 nitrogen and oxygen atoms in total. The van der Waals surface area contributed by atoms with E-state index in [0.29, 0.717) is 21.9 Å². The molecule has 0 N–H and O–H groups in total. The summed E-state index contributed by atoms with van der Waals surface area (Å²) >= 11 is 0. The zero-order valence-electron chi connectivity index (χ0n) is 18.6. The molecule has 1 aliphatic rings. The Morgan fingerprint density at radius 1 is 1.15 bits per heavy atom. The van der Waals surface area contributed by atoms with Crippen LogP contribution >= 0.6 is 0 Å². The van der Waals surface area contributed by atoms with E-state index in [1.54, 1.807) is 31.2 Å². The molecule has 4 aromatic rings. The predicted octanol–water partition coefficient (Wildman–Crippen LogP) is 4.13. The van der Waals surface area contributed by atoms with Crippen LogP contribution in [0.25, 0.3) is 27.5 Å². The van der Waals surface area contributed by atoms with E-state index in [0.717, 1.165) is 31.1 Å². The molecule has 0 saturated carbocycles. The number of ether oxygens (including phenoxy) is 1. The van der Waals surface area contributed by atoms with E-state index in [9.17, 15) is 18.0 Å². The van der Waals surface area contributed by atoms with Gasteiger partial charge in [0.2, 0.25) is 5.82 Å².